The first-order valence-electron chi connectivity index (χ1n) is 9.84. The maximum Gasteiger partial charge on any atom is 0.251 e. The van der Waals surface area contributed by atoms with E-state index in [0.717, 1.165) is 17.9 Å². The van der Waals surface area contributed by atoms with Crippen LogP contribution in [-0.4, -0.2) is 31.7 Å². The van der Waals surface area contributed by atoms with E-state index in [1.807, 2.05) is 12.1 Å². The van der Waals surface area contributed by atoms with Crippen LogP contribution in [0.15, 0.2) is 59.5 Å². The number of nitrogens with one attached hydrogen (secondary N) is 1. The molecular formula is C22H26N2O3S. The summed E-state index contributed by atoms with van der Waals surface area (Å²) in [6.45, 7) is 0.255. The second-order valence-electron chi connectivity index (χ2n) is 8.03. The van der Waals surface area contributed by atoms with E-state index in [4.69, 9.17) is 0 Å². The summed E-state index contributed by atoms with van der Waals surface area (Å²) in [5, 5.41) is 3.19. The molecule has 0 heterocycles. The van der Waals surface area contributed by atoms with Crippen LogP contribution >= 0.6 is 0 Å². The summed E-state index contributed by atoms with van der Waals surface area (Å²) in [6, 6.07) is 15.9. The number of carbonyl (C=O) groups is 1. The van der Waals surface area contributed by atoms with Crippen LogP contribution < -0.4 is 5.32 Å². The molecular weight excluding hydrogens is 372 g/mol. The minimum Gasteiger partial charge on any atom is -0.349 e. The molecule has 1 amide bonds. The van der Waals surface area contributed by atoms with Crippen LogP contribution in [0.25, 0.3) is 0 Å². The van der Waals surface area contributed by atoms with Crippen molar-refractivity contribution in [3.05, 3.63) is 65.7 Å². The molecule has 5 nitrogen and oxygen atoms in total. The van der Waals surface area contributed by atoms with Crippen molar-refractivity contribution >= 4 is 15.9 Å². The average molecular weight is 399 g/mol. The minimum absolute atomic E-state index is 0.0330. The van der Waals surface area contributed by atoms with Crippen molar-refractivity contribution in [3.63, 3.8) is 0 Å². The number of rotatable bonds is 6. The van der Waals surface area contributed by atoms with E-state index in [2.05, 4.69) is 5.32 Å². The van der Waals surface area contributed by atoms with Gasteiger partial charge in [0.2, 0.25) is 10.0 Å². The van der Waals surface area contributed by atoms with Gasteiger partial charge in [-0.1, -0.05) is 36.8 Å². The molecule has 0 aliphatic heterocycles. The zero-order chi connectivity index (χ0) is 19.7. The molecule has 2 aliphatic rings. The number of amides is 1. The first kappa shape index (κ1) is 19.2. The lowest BCUT2D eigenvalue weighted by Crippen LogP contribution is -2.38. The van der Waals surface area contributed by atoms with E-state index < -0.39 is 10.0 Å². The van der Waals surface area contributed by atoms with Crippen LogP contribution in [-0.2, 0) is 16.6 Å². The van der Waals surface area contributed by atoms with E-state index >= 15 is 0 Å². The molecule has 2 aromatic carbocycles. The molecule has 1 N–H and O–H groups in total. The quantitative estimate of drug-likeness (QED) is 0.811. The predicted octanol–water partition coefficient (Wildman–Crippen LogP) is 3.43. The van der Waals surface area contributed by atoms with Crippen molar-refractivity contribution in [1.82, 2.24) is 9.62 Å². The van der Waals surface area contributed by atoms with Gasteiger partial charge in [0.25, 0.3) is 5.91 Å². The van der Waals surface area contributed by atoms with Crippen molar-refractivity contribution in [2.24, 2.45) is 11.8 Å². The predicted molar refractivity (Wildman–Crippen MR) is 108 cm³/mol. The van der Waals surface area contributed by atoms with Gasteiger partial charge in [-0.25, -0.2) is 8.42 Å². The summed E-state index contributed by atoms with van der Waals surface area (Å²) < 4.78 is 26.6. The average Bonchev–Trinajstić information content (AvgIpc) is 3.32. The first-order valence-corrected chi connectivity index (χ1v) is 11.3. The van der Waals surface area contributed by atoms with Gasteiger partial charge in [0.1, 0.15) is 0 Å². The number of hydrogen-bond acceptors (Lipinski definition) is 3. The number of carbonyl (C=O) groups excluding carboxylic acids is 1. The van der Waals surface area contributed by atoms with Gasteiger partial charge in [-0.05, 0) is 60.9 Å². The van der Waals surface area contributed by atoms with Crippen molar-refractivity contribution in [3.8, 4) is 0 Å². The van der Waals surface area contributed by atoms with Gasteiger partial charge < -0.3 is 5.32 Å². The number of fused-ring (bicyclic) bond motifs is 2. The molecule has 0 saturated heterocycles. The molecule has 0 radical (unpaired) electrons. The minimum atomic E-state index is -3.53. The molecule has 2 aliphatic carbocycles. The van der Waals surface area contributed by atoms with Gasteiger partial charge in [-0.2, -0.15) is 4.31 Å². The molecule has 2 bridgehead atoms. The zero-order valence-electron chi connectivity index (χ0n) is 16.0. The van der Waals surface area contributed by atoms with Gasteiger partial charge in [-0.3, -0.25) is 4.79 Å². The normalized spacial score (nSPS) is 23.9. The molecule has 148 valence electrons. The van der Waals surface area contributed by atoms with Gasteiger partial charge in [0.15, 0.2) is 0 Å². The molecule has 4 rings (SSSR count). The molecule has 6 heteroatoms. The second-order valence-corrected chi connectivity index (χ2v) is 10.1. The number of sulfonamides is 1. The Balaban J connectivity index is 1.38. The first-order chi connectivity index (χ1) is 13.4. The standard InChI is InChI=1S/C22H26N2O3S/c1-24(28(26,27)20-5-3-2-4-6-20)15-16-7-10-18(11-8-16)22(25)23-21-14-17-9-12-19(21)13-17/h2-8,10-11,17,19,21H,9,12-15H2,1H3,(H,23,25)/t17-,19-,21+/m0/s1. The van der Waals surface area contributed by atoms with E-state index in [-0.39, 0.29) is 17.3 Å². The van der Waals surface area contributed by atoms with E-state index in [1.54, 1.807) is 49.5 Å². The molecule has 2 fully saturated rings. The van der Waals surface area contributed by atoms with Crippen LogP contribution in [0.4, 0.5) is 0 Å². The number of nitrogens with zero attached hydrogens (tertiary/aromatic N) is 1. The Hall–Kier alpha value is -2.18. The fourth-order valence-electron chi connectivity index (χ4n) is 4.55. The molecule has 0 unspecified atom stereocenters. The Kier molecular flexibility index (Phi) is 5.25. The highest BCUT2D eigenvalue weighted by molar-refractivity contribution is 7.89. The summed E-state index contributed by atoms with van der Waals surface area (Å²) in [4.78, 5) is 12.8. The fraction of sp³-hybridized carbons (Fsp3) is 0.409. The highest BCUT2D eigenvalue weighted by atomic mass is 32.2. The van der Waals surface area contributed by atoms with Crippen molar-refractivity contribution in [2.75, 3.05) is 7.05 Å². The Morgan fingerprint density at radius 2 is 1.75 bits per heavy atom. The Morgan fingerprint density at radius 3 is 2.36 bits per heavy atom. The van der Waals surface area contributed by atoms with Crippen LogP contribution in [0.3, 0.4) is 0 Å². The SMILES string of the molecule is CN(Cc1ccc(C(=O)N[C@@H]2C[C@H]3CC[C@H]2C3)cc1)S(=O)(=O)c1ccccc1. The Morgan fingerprint density at radius 1 is 1.04 bits per heavy atom. The van der Waals surface area contributed by atoms with Crippen LogP contribution in [0, 0.1) is 11.8 Å². The van der Waals surface area contributed by atoms with Crippen molar-refractivity contribution < 1.29 is 13.2 Å². The summed E-state index contributed by atoms with van der Waals surface area (Å²) in [5.74, 6) is 1.40. The van der Waals surface area contributed by atoms with Gasteiger partial charge in [0.05, 0.1) is 4.90 Å². The topological polar surface area (TPSA) is 66.5 Å². The number of hydrogen-bond donors (Lipinski definition) is 1. The summed E-state index contributed by atoms with van der Waals surface area (Å²) >= 11 is 0. The highest BCUT2D eigenvalue weighted by Gasteiger charge is 2.40. The third-order valence-corrected chi connectivity index (χ3v) is 7.94. The third-order valence-electron chi connectivity index (χ3n) is 6.13. The molecule has 2 aromatic rings. The second kappa shape index (κ2) is 7.68. The molecule has 3 atom stereocenters. The summed E-state index contributed by atoms with van der Waals surface area (Å²) in [5.41, 5.74) is 1.47. The highest BCUT2D eigenvalue weighted by Crippen LogP contribution is 2.44. The van der Waals surface area contributed by atoms with Gasteiger partial charge in [-0.15, -0.1) is 0 Å². The van der Waals surface area contributed by atoms with Gasteiger partial charge in [0, 0.05) is 25.2 Å². The van der Waals surface area contributed by atoms with Crippen LogP contribution in [0.2, 0.25) is 0 Å². The van der Waals surface area contributed by atoms with Crippen molar-refractivity contribution in [1.29, 1.82) is 0 Å². The Bertz CT molecular complexity index is 942. The van der Waals surface area contributed by atoms with Crippen LogP contribution in [0.1, 0.15) is 41.6 Å². The smallest absolute Gasteiger partial charge is 0.251 e. The van der Waals surface area contributed by atoms with Crippen molar-refractivity contribution in [2.45, 2.75) is 43.2 Å². The van der Waals surface area contributed by atoms with E-state index in [9.17, 15) is 13.2 Å². The lowest BCUT2D eigenvalue weighted by Gasteiger charge is -2.23. The maximum atomic E-state index is 12.6. The third kappa shape index (κ3) is 3.84. The molecule has 0 aromatic heterocycles. The molecule has 28 heavy (non-hydrogen) atoms. The lowest BCUT2D eigenvalue weighted by molar-refractivity contribution is 0.0923. The zero-order valence-corrected chi connectivity index (χ0v) is 16.9. The summed E-state index contributed by atoms with van der Waals surface area (Å²) in [7, 11) is -1.96. The monoisotopic (exact) mass is 398 g/mol. The van der Waals surface area contributed by atoms with Gasteiger partial charge >= 0.3 is 0 Å². The fourth-order valence-corrected chi connectivity index (χ4v) is 5.73. The Labute approximate surface area is 166 Å². The van der Waals surface area contributed by atoms with Crippen LogP contribution in [0.5, 0.6) is 0 Å². The van der Waals surface area contributed by atoms with E-state index in [0.29, 0.717) is 17.5 Å². The lowest BCUT2D eigenvalue weighted by atomic mass is 9.95. The van der Waals surface area contributed by atoms with E-state index in [1.165, 1.54) is 23.6 Å². The largest absolute Gasteiger partial charge is 0.349 e. The summed E-state index contributed by atoms with van der Waals surface area (Å²) in [6.07, 6.45) is 4.91. The maximum absolute atomic E-state index is 12.6. The molecule has 2 saturated carbocycles. The molecule has 0 spiro atoms. The number of benzene rings is 2.